The van der Waals surface area contributed by atoms with E-state index in [0.29, 0.717) is 21.5 Å². The van der Waals surface area contributed by atoms with Crippen LogP contribution in [0.5, 0.6) is 0 Å². The van der Waals surface area contributed by atoms with Crippen LogP contribution in [0.4, 0.5) is 5.69 Å². The van der Waals surface area contributed by atoms with Crippen LogP contribution < -0.4 is 5.32 Å². The number of thioether (sulfide) groups is 1. The highest BCUT2D eigenvalue weighted by atomic mass is 35.5. The number of rotatable bonds is 6. The smallest absolute Gasteiger partial charge is 0.234 e. The normalized spacial score (nSPS) is 16.3. The molecule has 1 aromatic carbocycles. The van der Waals surface area contributed by atoms with Gasteiger partial charge in [0.15, 0.2) is 0 Å². The van der Waals surface area contributed by atoms with Gasteiger partial charge in [-0.1, -0.05) is 36.0 Å². The van der Waals surface area contributed by atoms with Gasteiger partial charge >= 0.3 is 0 Å². The maximum absolute atomic E-state index is 11.9. The van der Waals surface area contributed by atoms with E-state index in [-0.39, 0.29) is 5.91 Å². The number of halogens is 2. The number of hydrogen-bond acceptors (Lipinski definition) is 3. The fraction of sp³-hybridized carbons (Fsp3) is 0.562. The first-order valence-corrected chi connectivity index (χ1v) is 9.60. The molecule has 1 aliphatic rings. The Hall–Kier alpha value is -0.420. The molecule has 0 atom stereocenters. The second-order valence-corrected chi connectivity index (χ2v) is 7.49. The molecule has 2 rings (SSSR count). The fourth-order valence-electron chi connectivity index (χ4n) is 2.54. The van der Waals surface area contributed by atoms with Gasteiger partial charge in [-0.2, -0.15) is 11.8 Å². The van der Waals surface area contributed by atoms with Gasteiger partial charge in [-0.3, -0.25) is 4.79 Å². The SMILES string of the molecule is O=C(CSCCN1CCCCCC1)Nc1cc(Cl)cc(Cl)c1. The number of carbonyl (C=O) groups is 1. The lowest BCUT2D eigenvalue weighted by atomic mass is 10.2. The highest BCUT2D eigenvalue weighted by Gasteiger charge is 2.09. The summed E-state index contributed by atoms with van der Waals surface area (Å²) in [6, 6.07) is 5.05. The van der Waals surface area contributed by atoms with Gasteiger partial charge in [0, 0.05) is 28.0 Å². The molecule has 1 amide bonds. The third-order valence-electron chi connectivity index (χ3n) is 3.63. The molecule has 1 saturated heterocycles. The van der Waals surface area contributed by atoms with Gasteiger partial charge in [0.2, 0.25) is 5.91 Å². The molecule has 1 fully saturated rings. The van der Waals surface area contributed by atoms with Crippen molar-refractivity contribution < 1.29 is 4.79 Å². The number of hydrogen-bond donors (Lipinski definition) is 1. The molecular weight excluding hydrogens is 339 g/mol. The summed E-state index contributed by atoms with van der Waals surface area (Å²) < 4.78 is 0. The molecule has 1 N–H and O–H groups in total. The molecule has 0 bridgehead atoms. The van der Waals surface area contributed by atoms with Gasteiger partial charge in [-0.25, -0.2) is 0 Å². The van der Waals surface area contributed by atoms with E-state index in [1.807, 2.05) is 0 Å². The van der Waals surface area contributed by atoms with Crippen LogP contribution in [0.2, 0.25) is 10.0 Å². The van der Waals surface area contributed by atoms with Crippen LogP contribution in [0.25, 0.3) is 0 Å². The standard InChI is InChI=1S/C16H22Cl2N2OS/c17-13-9-14(18)11-15(10-13)19-16(21)12-22-8-7-20-5-3-1-2-4-6-20/h9-11H,1-8,12H2,(H,19,21). The lowest BCUT2D eigenvalue weighted by Crippen LogP contribution is -2.27. The summed E-state index contributed by atoms with van der Waals surface area (Å²) in [7, 11) is 0. The first-order chi connectivity index (χ1) is 10.6. The number of anilines is 1. The summed E-state index contributed by atoms with van der Waals surface area (Å²) in [5.41, 5.74) is 0.649. The zero-order valence-corrected chi connectivity index (χ0v) is 14.9. The summed E-state index contributed by atoms with van der Waals surface area (Å²) in [4.78, 5) is 14.4. The maximum Gasteiger partial charge on any atom is 0.234 e. The second-order valence-electron chi connectivity index (χ2n) is 5.51. The molecule has 122 valence electrons. The van der Waals surface area contributed by atoms with E-state index in [9.17, 15) is 4.79 Å². The quantitative estimate of drug-likeness (QED) is 0.755. The highest BCUT2D eigenvalue weighted by molar-refractivity contribution is 7.99. The number of carbonyl (C=O) groups excluding carboxylic acids is 1. The zero-order valence-electron chi connectivity index (χ0n) is 12.6. The monoisotopic (exact) mass is 360 g/mol. The minimum atomic E-state index is -0.0146. The van der Waals surface area contributed by atoms with Crippen molar-refractivity contribution in [1.82, 2.24) is 4.90 Å². The molecule has 0 aromatic heterocycles. The molecule has 1 aliphatic heterocycles. The molecular formula is C16H22Cl2N2OS. The molecule has 0 spiro atoms. The molecule has 22 heavy (non-hydrogen) atoms. The van der Waals surface area contributed by atoms with Crippen molar-refractivity contribution in [2.75, 3.05) is 36.5 Å². The summed E-state index contributed by atoms with van der Waals surface area (Å²) in [5, 5.41) is 3.88. The van der Waals surface area contributed by atoms with Crippen molar-refractivity contribution in [1.29, 1.82) is 0 Å². The number of amides is 1. The largest absolute Gasteiger partial charge is 0.325 e. The fourth-order valence-corrected chi connectivity index (χ4v) is 3.86. The first-order valence-electron chi connectivity index (χ1n) is 7.69. The maximum atomic E-state index is 11.9. The van der Waals surface area contributed by atoms with Crippen LogP contribution in [0.1, 0.15) is 25.7 Å². The molecule has 0 saturated carbocycles. The Bertz CT molecular complexity index is 471. The minimum absolute atomic E-state index is 0.0146. The van der Waals surface area contributed by atoms with Crippen LogP contribution in [-0.2, 0) is 4.79 Å². The highest BCUT2D eigenvalue weighted by Crippen LogP contribution is 2.22. The van der Waals surface area contributed by atoms with Gasteiger partial charge in [-0.05, 0) is 44.1 Å². The van der Waals surface area contributed by atoms with Crippen molar-refractivity contribution in [3.8, 4) is 0 Å². The van der Waals surface area contributed by atoms with Crippen LogP contribution in [0.3, 0.4) is 0 Å². The van der Waals surface area contributed by atoms with Gasteiger partial charge in [-0.15, -0.1) is 0 Å². The molecule has 6 heteroatoms. The second kappa shape index (κ2) is 9.66. The minimum Gasteiger partial charge on any atom is -0.325 e. The Morgan fingerprint density at radius 1 is 1.09 bits per heavy atom. The predicted octanol–water partition coefficient (Wildman–Crippen LogP) is 4.54. The van der Waals surface area contributed by atoms with E-state index in [1.54, 1.807) is 30.0 Å². The predicted molar refractivity (Wildman–Crippen MR) is 97.3 cm³/mol. The zero-order chi connectivity index (χ0) is 15.8. The van der Waals surface area contributed by atoms with Crippen LogP contribution in [0.15, 0.2) is 18.2 Å². The van der Waals surface area contributed by atoms with E-state index in [2.05, 4.69) is 10.2 Å². The Morgan fingerprint density at radius 3 is 2.36 bits per heavy atom. The Kier molecular flexibility index (Phi) is 7.87. The van der Waals surface area contributed by atoms with E-state index in [1.165, 1.54) is 38.8 Å². The summed E-state index contributed by atoms with van der Waals surface area (Å²) >= 11 is 13.5. The Labute approximate surface area is 146 Å². The molecule has 0 unspecified atom stereocenters. The third-order valence-corrected chi connectivity index (χ3v) is 5.00. The van der Waals surface area contributed by atoms with Crippen molar-refractivity contribution in [2.24, 2.45) is 0 Å². The molecule has 0 aliphatic carbocycles. The summed E-state index contributed by atoms with van der Waals surface area (Å²) in [6.07, 6.45) is 5.32. The number of nitrogens with zero attached hydrogens (tertiary/aromatic N) is 1. The van der Waals surface area contributed by atoms with Gasteiger partial charge < -0.3 is 10.2 Å². The van der Waals surface area contributed by atoms with Crippen molar-refractivity contribution in [3.05, 3.63) is 28.2 Å². The first kappa shape index (κ1) is 17.9. The lowest BCUT2D eigenvalue weighted by Gasteiger charge is -2.19. The van der Waals surface area contributed by atoms with Gasteiger partial charge in [0.05, 0.1) is 5.75 Å². The van der Waals surface area contributed by atoms with E-state index in [0.717, 1.165) is 12.3 Å². The van der Waals surface area contributed by atoms with E-state index >= 15 is 0 Å². The average molecular weight is 361 g/mol. The molecule has 1 aromatic rings. The van der Waals surface area contributed by atoms with Crippen LogP contribution in [0, 0.1) is 0 Å². The van der Waals surface area contributed by atoms with Crippen molar-refractivity contribution >= 4 is 46.6 Å². The van der Waals surface area contributed by atoms with Crippen LogP contribution in [-0.4, -0.2) is 41.9 Å². The van der Waals surface area contributed by atoms with E-state index in [4.69, 9.17) is 23.2 Å². The Balaban J connectivity index is 1.65. The topological polar surface area (TPSA) is 32.3 Å². The summed E-state index contributed by atoms with van der Waals surface area (Å²) in [6.45, 7) is 3.47. The average Bonchev–Trinajstić information content (AvgIpc) is 2.71. The van der Waals surface area contributed by atoms with Crippen molar-refractivity contribution in [2.45, 2.75) is 25.7 Å². The lowest BCUT2D eigenvalue weighted by molar-refractivity contribution is -0.113. The van der Waals surface area contributed by atoms with Crippen molar-refractivity contribution in [3.63, 3.8) is 0 Å². The molecule has 1 heterocycles. The summed E-state index contributed by atoms with van der Waals surface area (Å²) in [5.74, 6) is 1.43. The van der Waals surface area contributed by atoms with Gasteiger partial charge in [0.1, 0.15) is 0 Å². The van der Waals surface area contributed by atoms with E-state index < -0.39 is 0 Å². The Morgan fingerprint density at radius 2 is 1.73 bits per heavy atom. The third kappa shape index (κ3) is 6.78. The molecule has 0 radical (unpaired) electrons. The molecule has 3 nitrogen and oxygen atoms in total. The number of likely N-dealkylation sites (tertiary alicyclic amines) is 1. The number of benzene rings is 1. The van der Waals surface area contributed by atoms with Crippen LogP contribution >= 0.6 is 35.0 Å². The van der Waals surface area contributed by atoms with Gasteiger partial charge in [0.25, 0.3) is 0 Å². The number of nitrogens with one attached hydrogen (secondary N) is 1.